The summed E-state index contributed by atoms with van der Waals surface area (Å²) in [5.41, 5.74) is 2.98. The minimum Gasteiger partial charge on any atom is -0.496 e. The number of likely N-dealkylation sites (N-methyl/N-ethyl adjacent to an activating group) is 2. The maximum Gasteiger partial charge on any atom is 0.243 e. The lowest BCUT2D eigenvalue weighted by atomic mass is 9.98. The van der Waals surface area contributed by atoms with Gasteiger partial charge in [-0.3, -0.25) is 19.4 Å². The summed E-state index contributed by atoms with van der Waals surface area (Å²) in [6, 6.07) is 3.74. The Morgan fingerprint density at radius 2 is 1.88 bits per heavy atom. The quantitative estimate of drug-likeness (QED) is 0.658. The Balaban J connectivity index is 2.20. The largest absolute Gasteiger partial charge is 0.496 e. The van der Waals surface area contributed by atoms with Gasteiger partial charge >= 0.3 is 0 Å². The highest BCUT2D eigenvalue weighted by molar-refractivity contribution is 5.95. The van der Waals surface area contributed by atoms with Crippen LogP contribution in [-0.2, 0) is 22.7 Å². The molecule has 0 unspecified atom stereocenters. The zero-order valence-electron chi connectivity index (χ0n) is 19.0. The van der Waals surface area contributed by atoms with Crippen molar-refractivity contribution < 1.29 is 23.8 Å². The molecule has 0 saturated carbocycles. The van der Waals surface area contributed by atoms with Crippen molar-refractivity contribution in [1.82, 2.24) is 15.2 Å². The Bertz CT molecular complexity index is 1050. The number of hydrogen-bond donors (Lipinski definition) is 1. The predicted octanol–water partition coefficient (Wildman–Crippen LogP) is 1.98. The van der Waals surface area contributed by atoms with Gasteiger partial charge in [-0.2, -0.15) is 0 Å². The molecule has 0 aliphatic carbocycles. The first-order valence-electron chi connectivity index (χ1n) is 10.0. The Hall–Kier alpha value is -3.59. The fourth-order valence-corrected chi connectivity index (χ4v) is 3.77. The van der Waals surface area contributed by atoms with Crippen LogP contribution in [0.25, 0.3) is 11.1 Å². The highest BCUT2D eigenvalue weighted by atomic mass is 16.5. The van der Waals surface area contributed by atoms with Crippen molar-refractivity contribution in [2.45, 2.75) is 13.1 Å². The van der Waals surface area contributed by atoms with Crippen molar-refractivity contribution in [3.05, 3.63) is 42.1 Å². The highest BCUT2D eigenvalue weighted by Gasteiger charge is 2.26. The number of aromatic nitrogens is 1. The maximum atomic E-state index is 12.4. The van der Waals surface area contributed by atoms with Crippen molar-refractivity contribution >= 4 is 17.6 Å². The molecule has 9 heteroatoms. The van der Waals surface area contributed by atoms with Crippen LogP contribution < -0.4 is 24.4 Å². The third-order valence-electron chi connectivity index (χ3n) is 5.31. The number of pyridine rings is 1. The fraction of sp³-hybridized carbons (Fsp3) is 0.348. The summed E-state index contributed by atoms with van der Waals surface area (Å²) in [6.45, 7) is 4.55. The number of ether oxygens (including phenoxy) is 3. The second-order valence-electron chi connectivity index (χ2n) is 7.43. The van der Waals surface area contributed by atoms with Crippen LogP contribution >= 0.6 is 0 Å². The summed E-state index contributed by atoms with van der Waals surface area (Å²) >= 11 is 0. The number of fused-ring (bicyclic) bond motifs is 1. The van der Waals surface area contributed by atoms with Gasteiger partial charge in [-0.1, -0.05) is 6.58 Å². The molecule has 0 fully saturated rings. The molecule has 0 bridgehead atoms. The molecule has 1 N–H and O–H groups in total. The van der Waals surface area contributed by atoms with Gasteiger partial charge in [0.15, 0.2) is 11.5 Å². The molecular formula is C23H28N4O5. The number of carbonyl (C=O) groups is 2. The minimum atomic E-state index is -0.300. The first-order valence-corrected chi connectivity index (χ1v) is 10.0. The minimum absolute atomic E-state index is 0.0247. The van der Waals surface area contributed by atoms with E-state index in [2.05, 4.69) is 16.9 Å². The molecule has 170 valence electrons. The smallest absolute Gasteiger partial charge is 0.243 e. The lowest BCUT2D eigenvalue weighted by Gasteiger charge is -2.21. The Kier molecular flexibility index (Phi) is 6.99. The Labute approximate surface area is 187 Å². The van der Waals surface area contributed by atoms with Crippen LogP contribution in [0, 0.1) is 0 Å². The molecule has 1 aromatic heterocycles. The number of benzene rings is 1. The number of methoxy groups -OCH3 is 3. The van der Waals surface area contributed by atoms with Crippen LogP contribution in [0.2, 0.25) is 0 Å². The van der Waals surface area contributed by atoms with Gasteiger partial charge in [0, 0.05) is 43.0 Å². The van der Waals surface area contributed by atoms with Crippen LogP contribution in [0.3, 0.4) is 0 Å². The number of nitrogens with zero attached hydrogens (tertiary/aromatic N) is 3. The zero-order valence-corrected chi connectivity index (χ0v) is 19.0. The molecule has 0 spiro atoms. The first kappa shape index (κ1) is 23.1. The van der Waals surface area contributed by atoms with Crippen molar-refractivity contribution in [1.29, 1.82) is 0 Å². The molecular weight excluding hydrogens is 412 g/mol. The van der Waals surface area contributed by atoms with Crippen LogP contribution in [0.15, 0.2) is 31.0 Å². The van der Waals surface area contributed by atoms with E-state index in [1.165, 1.54) is 6.08 Å². The average molecular weight is 441 g/mol. The van der Waals surface area contributed by atoms with E-state index in [0.29, 0.717) is 47.3 Å². The molecule has 1 aliphatic heterocycles. The number of nitrogens with one attached hydrogen (secondary N) is 1. The highest BCUT2D eigenvalue weighted by Crippen LogP contribution is 2.47. The number of anilines is 1. The van der Waals surface area contributed by atoms with Crippen LogP contribution in [-0.4, -0.2) is 63.7 Å². The molecule has 1 aliphatic rings. The van der Waals surface area contributed by atoms with Gasteiger partial charge in [-0.25, -0.2) is 4.98 Å². The topological polar surface area (TPSA) is 93.2 Å². The SMILES string of the molecule is C=CC(=O)NCc1cc(OC)c(OC)c(-c2cnc3c(c2)CN(C)CC(=O)N3C)c1OC. The van der Waals surface area contributed by atoms with Gasteiger partial charge < -0.3 is 19.5 Å². The van der Waals surface area contributed by atoms with E-state index in [1.54, 1.807) is 45.5 Å². The van der Waals surface area contributed by atoms with E-state index >= 15 is 0 Å². The van der Waals surface area contributed by atoms with Gasteiger partial charge in [0.1, 0.15) is 11.6 Å². The summed E-state index contributed by atoms with van der Waals surface area (Å²) in [5.74, 6) is 1.79. The molecule has 32 heavy (non-hydrogen) atoms. The second kappa shape index (κ2) is 9.69. The number of carbonyl (C=O) groups excluding carboxylic acids is 2. The van der Waals surface area contributed by atoms with Gasteiger partial charge in [0.25, 0.3) is 0 Å². The Morgan fingerprint density at radius 1 is 1.16 bits per heavy atom. The third kappa shape index (κ3) is 4.38. The lowest BCUT2D eigenvalue weighted by Crippen LogP contribution is -2.33. The molecule has 2 amide bonds. The van der Waals surface area contributed by atoms with Crippen molar-refractivity contribution in [2.75, 3.05) is 46.9 Å². The number of rotatable bonds is 7. The molecule has 3 rings (SSSR count). The number of amides is 2. The lowest BCUT2D eigenvalue weighted by molar-refractivity contribution is -0.119. The molecule has 2 aromatic rings. The average Bonchev–Trinajstić information content (AvgIpc) is 2.90. The van der Waals surface area contributed by atoms with E-state index < -0.39 is 0 Å². The monoisotopic (exact) mass is 440 g/mol. The summed E-state index contributed by atoms with van der Waals surface area (Å²) in [7, 11) is 8.27. The molecule has 2 heterocycles. The van der Waals surface area contributed by atoms with Crippen molar-refractivity contribution in [3.8, 4) is 28.4 Å². The molecule has 1 aromatic carbocycles. The molecule has 9 nitrogen and oxygen atoms in total. The summed E-state index contributed by atoms with van der Waals surface area (Å²) in [6.07, 6.45) is 2.89. The third-order valence-corrected chi connectivity index (χ3v) is 5.31. The molecule has 0 atom stereocenters. The van der Waals surface area contributed by atoms with Gasteiger partial charge in [-0.15, -0.1) is 0 Å². The van der Waals surface area contributed by atoms with Crippen molar-refractivity contribution in [3.63, 3.8) is 0 Å². The number of hydrogen-bond acceptors (Lipinski definition) is 7. The summed E-state index contributed by atoms with van der Waals surface area (Å²) in [4.78, 5) is 32.2. The van der Waals surface area contributed by atoms with Crippen LogP contribution in [0.1, 0.15) is 11.1 Å². The van der Waals surface area contributed by atoms with E-state index in [0.717, 1.165) is 11.1 Å². The van der Waals surface area contributed by atoms with Gasteiger partial charge in [0.2, 0.25) is 11.8 Å². The molecule has 0 saturated heterocycles. The van der Waals surface area contributed by atoms with E-state index in [9.17, 15) is 9.59 Å². The van der Waals surface area contributed by atoms with Gasteiger partial charge in [0.05, 0.1) is 33.4 Å². The van der Waals surface area contributed by atoms with Crippen molar-refractivity contribution in [2.24, 2.45) is 0 Å². The fourth-order valence-electron chi connectivity index (χ4n) is 3.77. The van der Waals surface area contributed by atoms with Gasteiger partial charge in [-0.05, 0) is 25.3 Å². The van der Waals surface area contributed by atoms with E-state index in [4.69, 9.17) is 14.2 Å². The summed E-state index contributed by atoms with van der Waals surface area (Å²) < 4.78 is 17.0. The summed E-state index contributed by atoms with van der Waals surface area (Å²) in [5, 5.41) is 2.77. The standard InChI is InChI=1S/C23H28N4O5/c1-7-18(28)24-11-15-9-17(30-4)22(32-6)20(21(15)31-5)14-8-16-12-26(2)13-19(29)27(3)23(16)25-10-14/h7-10H,1,11-13H2,2-6H3,(H,24,28). The van der Waals surface area contributed by atoms with E-state index in [-0.39, 0.29) is 18.4 Å². The normalized spacial score (nSPS) is 13.8. The van der Waals surface area contributed by atoms with Crippen LogP contribution in [0.5, 0.6) is 17.2 Å². The first-order chi connectivity index (χ1) is 15.3. The maximum absolute atomic E-state index is 12.4. The second-order valence-corrected chi connectivity index (χ2v) is 7.43. The Morgan fingerprint density at radius 3 is 2.50 bits per heavy atom. The van der Waals surface area contributed by atoms with Crippen LogP contribution in [0.4, 0.5) is 5.82 Å². The molecule has 0 radical (unpaired) electrons. The van der Waals surface area contributed by atoms with E-state index in [1.807, 2.05) is 18.0 Å². The zero-order chi connectivity index (χ0) is 23.4. The predicted molar refractivity (Wildman–Crippen MR) is 121 cm³/mol.